The standard InChI is InChI=1S/C20H28N4O4.HI/c1-4-21-20(24-12-11-22-19(25)17-6-5-13-28-17)23-10-9-15-7-8-16(26-2)18(14-15)27-3;/h5-8,13-14H,4,9-12H2,1-3H3,(H,22,25)(H2,21,23,24);1H. The molecule has 2 aromatic rings. The lowest BCUT2D eigenvalue weighted by Gasteiger charge is -2.12. The second-order valence-electron chi connectivity index (χ2n) is 5.86. The average Bonchev–Trinajstić information content (AvgIpc) is 3.25. The summed E-state index contributed by atoms with van der Waals surface area (Å²) in [5, 5.41) is 9.17. The average molecular weight is 516 g/mol. The van der Waals surface area contributed by atoms with Crippen molar-refractivity contribution in [1.82, 2.24) is 16.0 Å². The Labute approximate surface area is 188 Å². The summed E-state index contributed by atoms with van der Waals surface area (Å²) in [7, 11) is 3.24. The predicted octanol–water partition coefficient (Wildman–Crippen LogP) is 2.44. The van der Waals surface area contributed by atoms with Gasteiger partial charge in [0.05, 0.1) is 20.5 Å². The number of amides is 1. The zero-order chi connectivity index (χ0) is 20.2. The normalized spacial score (nSPS) is 10.7. The minimum atomic E-state index is -0.234. The summed E-state index contributed by atoms with van der Waals surface area (Å²) in [6.07, 6.45) is 2.24. The summed E-state index contributed by atoms with van der Waals surface area (Å²) in [6, 6.07) is 9.16. The summed E-state index contributed by atoms with van der Waals surface area (Å²) in [6.45, 7) is 4.38. The molecule has 0 aliphatic heterocycles. The van der Waals surface area contributed by atoms with E-state index in [1.807, 2.05) is 25.1 Å². The number of methoxy groups -OCH3 is 2. The number of carbonyl (C=O) groups is 1. The topological polar surface area (TPSA) is 97.1 Å². The Morgan fingerprint density at radius 1 is 1.07 bits per heavy atom. The molecule has 0 aliphatic rings. The Kier molecular flexibility index (Phi) is 11.6. The van der Waals surface area contributed by atoms with Gasteiger partial charge in [0.25, 0.3) is 5.91 Å². The van der Waals surface area contributed by atoms with Crippen LogP contribution in [0.25, 0.3) is 0 Å². The second kappa shape index (κ2) is 13.7. The van der Waals surface area contributed by atoms with Gasteiger partial charge in [-0.15, -0.1) is 24.0 Å². The third kappa shape index (κ3) is 8.22. The largest absolute Gasteiger partial charge is 0.493 e. The van der Waals surface area contributed by atoms with Gasteiger partial charge in [0.15, 0.2) is 23.2 Å². The van der Waals surface area contributed by atoms with E-state index in [0.717, 1.165) is 18.5 Å². The van der Waals surface area contributed by atoms with E-state index in [2.05, 4.69) is 20.9 Å². The van der Waals surface area contributed by atoms with E-state index >= 15 is 0 Å². The van der Waals surface area contributed by atoms with Crippen LogP contribution in [0, 0.1) is 0 Å². The number of hydrogen-bond donors (Lipinski definition) is 3. The van der Waals surface area contributed by atoms with Crippen LogP contribution >= 0.6 is 24.0 Å². The van der Waals surface area contributed by atoms with Crippen molar-refractivity contribution in [2.45, 2.75) is 13.3 Å². The van der Waals surface area contributed by atoms with E-state index < -0.39 is 0 Å². The minimum Gasteiger partial charge on any atom is -0.493 e. The van der Waals surface area contributed by atoms with Gasteiger partial charge in [-0.25, -0.2) is 0 Å². The van der Waals surface area contributed by atoms with Gasteiger partial charge in [-0.1, -0.05) is 6.07 Å². The predicted molar refractivity (Wildman–Crippen MR) is 124 cm³/mol. The molecule has 1 amide bonds. The first kappa shape index (κ1) is 24.6. The summed E-state index contributed by atoms with van der Waals surface area (Å²) < 4.78 is 15.6. The molecule has 0 unspecified atom stereocenters. The Morgan fingerprint density at radius 3 is 2.48 bits per heavy atom. The lowest BCUT2D eigenvalue weighted by Crippen LogP contribution is -2.41. The fraction of sp³-hybridized carbons (Fsp3) is 0.400. The van der Waals surface area contributed by atoms with Crippen LogP contribution in [0.15, 0.2) is 46.0 Å². The van der Waals surface area contributed by atoms with Gasteiger partial charge >= 0.3 is 0 Å². The molecule has 9 heteroatoms. The number of rotatable bonds is 10. The second-order valence-corrected chi connectivity index (χ2v) is 5.86. The van der Waals surface area contributed by atoms with Crippen molar-refractivity contribution in [3.05, 3.63) is 47.9 Å². The lowest BCUT2D eigenvalue weighted by atomic mass is 10.1. The van der Waals surface area contributed by atoms with Gasteiger partial charge in [0, 0.05) is 26.2 Å². The number of ether oxygens (including phenoxy) is 2. The van der Waals surface area contributed by atoms with Crippen LogP contribution in [-0.2, 0) is 6.42 Å². The smallest absolute Gasteiger partial charge is 0.287 e. The molecule has 3 N–H and O–H groups in total. The van der Waals surface area contributed by atoms with Gasteiger partial charge in [0.2, 0.25) is 0 Å². The van der Waals surface area contributed by atoms with E-state index in [1.165, 1.54) is 6.26 Å². The zero-order valence-corrected chi connectivity index (χ0v) is 19.3. The van der Waals surface area contributed by atoms with Crippen molar-refractivity contribution in [3.8, 4) is 11.5 Å². The summed E-state index contributed by atoms with van der Waals surface area (Å²) in [5.41, 5.74) is 1.11. The van der Waals surface area contributed by atoms with E-state index in [-0.39, 0.29) is 29.9 Å². The summed E-state index contributed by atoms with van der Waals surface area (Å²) in [5.74, 6) is 2.19. The monoisotopic (exact) mass is 516 g/mol. The third-order valence-corrected chi connectivity index (χ3v) is 3.91. The molecule has 0 saturated heterocycles. The molecule has 0 spiro atoms. The van der Waals surface area contributed by atoms with Crippen molar-refractivity contribution in [2.24, 2.45) is 4.99 Å². The molecule has 0 bridgehead atoms. The van der Waals surface area contributed by atoms with Crippen molar-refractivity contribution in [1.29, 1.82) is 0 Å². The van der Waals surface area contributed by atoms with Crippen molar-refractivity contribution in [3.63, 3.8) is 0 Å². The molecule has 1 aromatic heterocycles. The molecule has 0 aliphatic carbocycles. The number of benzene rings is 1. The zero-order valence-electron chi connectivity index (χ0n) is 17.0. The van der Waals surface area contributed by atoms with Crippen molar-refractivity contribution >= 4 is 35.8 Å². The molecule has 8 nitrogen and oxygen atoms in total. The first-order valence-electron chi connectivity index (χ1n) is 9.22. The molecule has 0 atom stereocenters. The molecule has 0 saturated carbocycles. The molecule has 0 radical (unpaired) electrons. The minimum absolute atomic E-state index is 0. The van der Waals surface area contributed by atoms with Crippen LogP contribution in [-0.4, -0.2) is 52.3 Å². The fourth-order valence-electron chi connectivity index (χ4n) is 2.53. The summed E-state index contributed by atoms with van der Waals surface area (Å²) in [4.78, 5) is 16.4. The number of carbonyl (C=O) groups excluding carboxylic acids is 1. The van der Waals surface area contributed by atoms with Crippen LogP contribution in [0.4, 0.5) is 0 Å². The highest BCUT2D eigenvalue weighted by Gasteiger charge is 2.07. The van der Waals surface area contributed by atoms with Gasteiger partial charge in [-0.2, -0.15) is 0 Å². The quantitative estimate of drug-likeness (QED) is 0.194. The number of nitrogens with one attached hydrogen (secondary N) is 3. The SMILES string of the molecule is CCNC(=NCCc1ccc(OC)c(OC)c1)NCCNC(=O)c1ccco1.I. The number of furan rings is 1. The van der Waals surface area contributed by atoms with E-state index in [0.29, 0.717) is 42.9 Å². The van der Waals surface area contributed by atoms with Crippen molar-refractivity contribution in [2.75, 3.05) is 40.4 Å². The van der Waals surface area contributed by atoms with Crippen LogP contribution in [0.1, 0.15) is 23.0 Å². The van der Waals surface area contributed by atoms with E-state index in [9.17, 15) is 4.79 Å². The van der Waals surface area contributed by atoms with Crippen LogP contribution in [0.5, 0.6) is 11.5 Å². The highest BCUT2D eigenvalue weighted by molar-refractivity contribution is 14.0. The number of halogens is 1. The maximum Gasteiger partial charge on any atom is 0.287 e. The first-order valence-corrected chi connectivity index (χ1v) is 9.22. The molecule has 0 fully saturated rings. The summed E-state index contributed by atoms with van der Waals surface area (Å²) >= 11 is 0. The highest BCUT2D eigenvalue weighted by Crippen LogP contribution is 2.27. The van der Waals surface area contributed by atoms with Crippen LogP contribution in [0.3, 0.4) is 0 Å². The Morgan fingerprint density at radius 2 is 1.83 bits per heavy atom. The van der Waals surface area contributed by atoms with Crippen LogP contribution < -0.4 is 25.4 Å². The van der Waals surface area contributed by atoms with Gasteiger partial charge in [-0.05, 0) is 43.2 Å². The number of hydrogen-bond acceptors (Lipinski definition) is 5. The molecule has 1 heterocycles. The molecule has 160 valence electrons. The Balaban J connectivity index is 0.00000420. The highest BCUT2D eigenvalue weighted by atomic mass is 127. The molecule has 29 heavy (non-hydrogen) atoms. The van der Waals surface area contributed by atoms with E-state index in [1.54, 1.807) is 26.4 Å². The number of guanidine groups is 1. The molecule has 1 aromatic carbocycles. The molecular weight excluding hydrogens is 487 g/mol. The van der Waals surface area contributed by atoms with Crippen molar-refractivity contribution < 1.29 is 18.7 Å². The molecule has 2 rings (SSSR count). The van der Waals surface area contributed by atoms with Gasteiger partial charge < -0.3 is 29.8 Å². The first-order chi connectivity index (χ1) is 13.7. The molecular formula is C20H29IN4O4. The number of nitrogens with zero attached hydrogens (tertiary/aromatic N) is 1. The van der Waals surface area contributed by atoms with Gasteiger partial charge in [0.1, 0.15) is 0 Å². The third-order valence-electron chi connectivity index (χ3n) is 3.91. The number of aliphatic imine (C=N–C) groups is 1. The fourth-order valence-corrected chi connectivity index (χ4v) is 2.53. The Bertz CT molecular complexity index is 766. The van der Waals surface area contributed by atoms with Crippen LogP contribution in [0.2, 0.25) is 0 Å². The van der Waals surface area contributed by atoms with E-state index in [4.69, 9.17) is 13.9 Å². The maximum atomic E-state index is 11.8. The Hall–Kier alpha value is -2.43. The maximum absolute atomic E-state index is 11.8. The van der Waals surface area contributed by atoms with Gasteiger partial charge in [-0.3, -0.25) is 9.79 Å². The lowest BCUT2D eigenvalue weighted by molar-refractivity contribution is 0.0926.